The Balaban J connectivity index is 2.06. The molecule has 1 atom stereocenters. The van der Waals surface area contributed by atoms with Crippen LogP contribution in [0.15, 0.2) is 0 Å². The van der Waals surface area contributed by atoms with Crippen LogP contribution in [0.25, 0.3) is 0 Å². The van der Waals surface area contributed by atoms with Gasteiger partial charge in [-0.3, -0.25) is 4.79 Å². The summed E-state index contributed by atoms with van der Waals surface area (Å²) in [5.41, 5.74) is 5.58. The van der Waals surface area contributed by atoms with Crippen molar-refractivity contribution in [1.29, 1.82) is 0 Å². The molecule has 1 rings (SSSR count). The van der Waals surface area contributed by atoms with Crippen molar-refractivity contribution in [2.24, 2.45) is 11.7 Å². The second-order valence-electron chi connectivity index (χ2n) is 4.49. The lowest BCUT2D eigenvalue weighted by atomic mass is 10.1. The summed E-state index contributed by atoms with van der Waals surface area (Å²) in [4.78, 5) is 13.6. The molecule has 1 aliphatic heterocycles. The molecule has 0 bridgehead atoms. The monoisotopic (exact) mass is 228 g/mol. The summed E-state index contributed by atoms with van der Waals surface area (Å²) in [7, 11) is 0. The van der Waals surface area contributed by atoms with Crippen LogP contribution in [-0.4, -0.2) is 43.7 Å². The summed E-state index contributed by atoms with van der Waals surface area (Å²) in [5.74, 6) is 0.608. The topological polar surface area (TPSA) is 55.6 Å². The lowest BCUT2D eigenvalue weighted by Gasteiger charge is -2.16. The average Bonchev–Trinajstić information content (AvgIpc) is 2.77. The van der Waals surface area contributed by atoms with Gasteiger partial charge in [0.1, 0.15) is 6.61 Å². The van der Waals surface area contributed by atoms with Gasteiger partial charge >= 0.3 is 0 Å². The van der Waals surface area contributed by atoms with Crippen LogP contribution >= 0.6 is 0 Å². The Kier molecular flexibility index (Phi) is 6.42. The summed E-state index contributed by atoms with van der Waals surface area (Å²) in [6.45, 7) is 5.44. The first kappa shape index (κ1) is 13.5. The van der Waals surface area contributed by atoms with E-state index in [-0.39, 0.29) is 12.5 Å². The van der Waals surface area contributed by atoms with Crippen LogP contribution < -0.4 is 5.73 Å². The highest BCUT2D eigenvalue weighted by molar-refractivity contribution is 5.77. The number of nitrogens with two attached hydrogens (primary N) is 1. The van der Waals surface area contributed by atoms with E-state index in [4.69, 9.17) is 10.5 Å². The minimum atomic E-state index is 0.118. The summed E-state index contributed by atoms with van der Waals surface area (Å²) < 4.78 is 5.36. The third-order valence-corrected chi connectivity index (χ3v) is 3.09. The maximum atomic E-state index is 11.7. The van der Waals surface area contributed by atoms with E-state index < -0.39 is 0 Å². The molecule has 1 aliphatic rings. The zero-order chi connectivity index (χ0) is 11.8. The first-order chi connectivity index (χ1) is 7.77. The Hall–Kier alpha value is -0.610. The number of nitrogens with zero attached hydrogens (tertiary/aromatic N) is 1. The number of amides is 1. The zero-order valence-corrected chi connectivity index (χ0v) is 10.3. The molecule has 0 aromatic carbocycles. The van der Waals surface area contributed by atoms with Gasteiger partial charge in [-0.15, -0.1) is 0 Å². The first-order valence-corrected chi connectivity index (χ1v) is 6.33. The van der Waals surface area contributed by atoms with Crippen molar-refractivity contribution in [2.75, 3.05) is 32.8 Å². The molecule has 16 heavy (non-hydrogen) atoms. The van der Waals surface area contributed by atoms with Gasteiger partial charge in [-0.25, -0.2) is 0 Å². The highest BCUT2D eigenvalue weighted by Crippen LogP contribution is 2.14. The van der Waals surface area contributed by atoms with Crippen molar-refractivity contribution in [3.8, 4) is 0 Å². The SMILES string of the molecule is CCCCCOCC(=O)N1CCC(CN)C1. The second-order valence-corrected chi connectivity index (χ2v) is 4.49. The Morgan fingerprint density at radius 1 is 1.50 bits per heavy atom. The van der Waals surface area contributed by atoms with E-state index >= 15 is 0 Å². The molecule has 4 heteroatoms. The minimum absolute atomic E-state index is 0.118. The number of ether oxygens (including phenoxy) is 1. The number of rotatable bonds is 7. The molecule has 1 amide bonds. The smallest absolute Gasteiger partial charge is 0.248 e. The number of unbranched alkanes of at least 4 members (excludes halogenated alkanes) is 2. The maximum absolute atomic E-state index is 11.7. The lowest BCUT2D eigenvalue weighted by Crippen LogP contribution is -2.33. The van der Waals surface area contributed by atoms with Gasteiger partial charge in [-0.1, -0.05) is 19.8 Å². The van der Waals surface area contributed by atoms with Crippen LogP contribution in [0.4, 0.5) is 0 Å². The molecule has 0 saturated carbocycles. The zero-order valence-electron chi connectivity index (χ0n) is 10.3. The van der Waals surface area contributed by atoms with E-state index in [9.17, 15) is 4.79 Å². The minimum Gasteiger partial charge on any atom is -0.372 e. The van der Waals surface area contributed by atoms with Gasteiger partial charge in [0.05, 0.1) is 0 Å². The van der Waals surface area contributed by atoms with Gasteiger partial charge in [-0.05, 0) is 25.3 Å². The fourth-order valence-corrected chi connectivity index (χ4v) is 1.96. The predicted molar refractivity (Wildman–Crippen MR) is 64.1 cm³/mol. The molecule has 4 nitrogen and oxygen atoms in total. The second kappa shape index (κ2) is 7.63. The van der Waals surface area contributed by atoms with Crippen molar-refractivity contribution in [2.45, 2.75) is 32.6 Å². The number of carbonyl (C=O) groups excluding carboxylic acids is 1. The molecule has 0 aliphatic carbocycles. The molecule has 1 fully saturated rings. The van der Waals surface area contributed by atoms with Crippen LogP contribution in [0, 0.1) is 5.92 Å². The van der Waals surface area contributed by atoms with Gasteiger partial charge < -0.3 is 15.4 Å². The normalized spacial score (nSPS) is 20.4. The Morgan fingerprint density at radius 2 is 2.31 bits per heavy atom. The maximum Gasteiger partial charge on any atom is 0.248 e. The van der Waals surface area contributed by atoms with E-state index in [2.05, 4.69) is 6.92 Å². The molecule has 0 spiro atoms. The molecule has 1 saturated heterocycles. The highest BCUT2D eigenvalue weighted by atomic mass is 16.5. The molecule has 0 radical (unpaired) electrons. The molecule has 0 aromatic heterocycles. The van der Waals surface area contributed by atoms with E-state index in [0.29, 0.717) is 19.1 Å². The van der Waals surface area contributed by atoms with Crippen LogP contribution in [-0.2, 0) is 9.53 Å². The Morgan fingerprint density at radius 3 is 2.94 bits per heavy atom. The van der Waals surface area contributed by atoms with Crippen LogP contribution in [0.2, 0.25) is 0 Å². The van der Waals surface area contributed by atoms with Crippen LogP contribution in [0.5, 0.6) is 0 Å². The summed E-state index contributed by atoms with van der Waals surface area (Å²) in [6, 6.07) is 0. The summed E-state index contributed by atoms with van der Waals surface area (Å²) in [5, 5.41) is 0. The third-order valence-electron chi connectivity index (χ3n) is 3.09. The number of hydrogen-bond donors (Lipinski definition) is 1. The molecular weight excluding hydrogens is 204 g/mol. The van der Waals surface area contributed by atoms with Crippen molar-refractivity contribution < 1.29 is 9.53 Å². The largest absolute Gasteiger partial charge is 0.372 e. The molecule has 1 heterocycles. The van der Waals surface area contributed by atoms with Crippen LogP contribution in [0.1, 0.15) is 32.6 Å². The van der Waals surface area contributed by atoms with E-state index in [0.717, 1.165) is 25.9 Å². The average molecular weight is 228 g/mol. The third kappa shape index (κ3) is 4.49. The first-order valence-electron chi connectivity index (χ1n) is 6.33. The van der Waals surface area contributed by atoms with Gasteiger partial charge in [0.25, 0.3) is 0 Å². The number of carbonyl (C=O) groups is 1. The molecule has 1 unspecified atom stereocenters. The Labute approximate surface area is 98.1 Å². The van der Waals surface area contributed by atoms with E-state index in [1.54, 1.807) is 0 Å². The molecular formula is C12H24N2O2. The lowest BCUT2D eigenvalue weighted by molar-refractivity contribution is -0.135. The number of hydrogen-bond acceptors (Lipinski definition) is 3. The van der Waals surface area contributed by atoms with Gasteiger partial charge in [0.2, 0.25) is 5.91 Å². The summed E-state index contributed by atoms with van der Waals surface area (Å²) in [6.07, 6.45) is 4.45. The van der Waals surface area contributed by atoms with Crippen molar-refractivity contribution >= 4 is 5.91 Å². The summed E-state index contributed by atoms with van der Waals surface area (Å²) >= 11 is 0. The van der Waals surface area contributed by atoms with Gasteiger partial charge in [-0.2, -0.15) is 0 Å². The van der Waals surface area contributed by atoms with Crippen molar-refractivity contribution in [3.05, 3.63) is 0 Å². The molecule has 0 aromatic rings. The molecule has 94 valence electrons. The number of likely N-dealkylation sites (tertiary alicyclic amines) is 1. The molecule has 2 N–H and O–H groups in total. The Bertz CT molecular complexity index is 209. The van der Waals surface area contributed by atoms with Gasteiger partial charge in [0.15, 0.2) is 0 Å². The fourth-order valence-electron chi connectivity index (χ4n) is 1.96. The highest BCUT2D eigenvalue weighted by Gasteiger charge is 2.24. The van der Waals surface area contributed by atoms with Crippen molar-refractivity contribution in [3.63, 3.8) is 0 Å². The van der Waals surface area contributed by atoms with E-state index in [1.165, 1.54) is 12.8 Å². The predicted octanol–water partition coefficient (Wildman–Crippen LogP) is 1.00. The van der Waals surface area contributed by atoms with Crippen molar-refractivity contribution in [1.82, 2.24) is 4.90 Å². The quantitative estimate of drug-likeness (QED) is 0.661. The van der Waals surface area contributed by atoms with Gasteiger partial charge in [0, 0.05) is 19.7 Å². The van der Waals surface area contributed by atoms with Crippen LogP contribution in [0.3, 0.4) is 0 Å². The standard InChI is InChI=1S/C12H24N2O2/c1-2-3-4-7-16-10-12(15)14-6-5-11(8-13)9-14/h11H,2-10,13H2,1H3. The van der Waals surface area contributed by atoms with E-state index in [1.807, 2.05) is 4.90 Å². The fraction of sp³-hybridized carbons (Fsp3) is 0.917.